The summed E-state index contributed by atoms with van der Waals surface area (Å²) in [7, 11) is 1.62. The zero-order valence-corrected chi connectivity index (χ0v) is 13.1. The minimum Gasteiger partial charge on any atom is -0.465 e. The number of hydrogen-bond acceptors (Lipinski definition) is 6. The van der Waals surface area contributed by atoms with Crippen molar-refractivity contribution in [2.75, 3.05) is 13.7 Å². The van der Waals surface area contributed by atoms with E-state index in [1.807, 2.05) is 13.8 Å². The Hall–Kier alpha value is -1.43. The van der Waals surface area contributed by atoms with Gasteiger partial charge in [0.25, 0.3) is 0 Å². The summed E-state index contributed by atoms with van der Waals surface area (Å²) in [5, 5.41) is 4.00. The van der Waals surface area contributed by atoms with Crippen LogP contribution in [0.1, 0.15) is 70.2 Å². The van der Waals surface area contributed by atoms with Crippen molar-refractivity contribution in [2.45, 2.75) is 63.9 Å². The van der Waals surface area contributed by atoms with Crippen LogP contribution in [-0.4, -0.2) is 29.8 Å². The summed E-state index contributed by atoms with van der Waals surface area (Å²) < 4.78 is 16.0. The van der Waals surface area contributed by atoms with Gasteiger partial charge in [0.15, 0.2) is 0 Å². The van der Waals surface area contributed by atoms with E-state index in [4.69, 9.17) is 14.0 Å². The first-order valence-corrected chi connectivity index (χ1v) is 7.72. The van der Waals surface area contributed by atoms with Gasteiger partial charge in [0.05, 0.1) is 6.61 Å². The van der Waals surface area contributed by atoms with Crippen LogP contribution in [0, 0.1) is 0 Å². The second-order valence-electron chi connectivity index (χ2n) is 5.45. The molecule has 1 saturated carbocycles. The van der Waals surface area contributed by atoms with Crippen LogP contribution in [0.3, 0.4) is 0 Å². The van der Waals surface area contributed by atoms with Crippen LogP contribution in [0.5, 0.6) is 0 Å². The lowest BCUT2D eigenvalue weighted by Crippen LogP contribution is -2.39. The van der Waals surface area contributed by atoms with Crippen molar-refractivity contribution < 1.29 is 18.8 Å². The highest BCUT2D eigenvalue weighted by molar-refractivity contribution is 5.82. The van der Waals surface area contributed by atoms with Crippen molar-refractivity contribution >= 4 is 5.97 Å². The number of carbonyl (C=O) groups is 1. The molecule has 0 saturated heterocycles. The van der Waals surface area contributed by atoms with Crippen LogP contribution in [0.2, 0.25) is 0 Å². The van der Waals surface area contributed by atoms with E-state index in [9.17, 15) is 4.79 Å². The van der Waals surface area contributed by atoms with E-state index in [1.165, 1.54) is 0 Å². The first kappa shape index (κ1) is 15.9. The second kappa shape index (κ2) is 7.02. The van der Waals surface area contributed by atoms with Crippen LogP contribution >= 0.6 is 0 Å². The first-order valence-electron chi connectivity index (χ1n) is 7.72. The standard InChI is InChI=1S/C15H24N2O4/c1-4-11(19-3)12-16-13(21-17-12)15(14(18)20-5-2)9-7-6-8-10-15/h11H,4-10H2,1-3H3. The minimum atomic E-state index is -0.772. The van der Waals surface area contributed by atoms with E-state index in [-0.39, 0.29) is 12.1 Å². The third kappa shape index (κ3) is 3.10. The fourth-order valence-corrected chi connectivity index (χ4v) is 2.94. The molecule has 2 rings (SSSR count). The normalized spacial score (nSPS) is 19.2. The Morgan fingerprint density at radius 1 is 1.33 bits per heavy atom. The minimum absolute atomic E-state index is 0.203. The maximum absolute atomic E-state index is 12.5. The van der Waals surface area contributed by atoms with Crippen LogP contribution < -0.4 is 0 Å². The van der Waals surface area contributed by atoms with E-state index in [0.29, 0.717) is 31.2 Å². The molecular formula is C15H24N2O4. The van der Waals surface area contributed by atoms with Gasteiger partial charge in [0.1, 0.15) is 11.5 Å². The molecule has 0 aliphatic heterocycles. The molecule has 21 heavy (non-hydrogen) atoms. The van der Waals surface area contributed by atoms with Crippen LogP contribution in [-0.2, 0) is 19.7 Å². The Morgan fingerprint density at radius 2 is 2.05 bits per heavy atom. The fraction of sp³-hybridized carbons (Fsp3) is 0.800. The van der Waals surface area contributed by atoms with Crippen molar-refractivity contribution in [3.8, 4) is 0 Å². The lowest BCUT2D eigenvalue weighted by Gasteiger charge is -2.31. The number of esters is 1. The average molecular weight is 296 g/mol. The molecule has 0 bridgehead atoms. The Bertz CT molecular complexity index is 462. The van der Waals surface area contributed by atoms with Crippen molar-refractivity contribution in [1.82, 2.24) is 10.1 Å². The van der Waals surface area contributed by atoms with Gasteiger partial charge in [0, 0.05) is 7.11 Å². The Morgan fingerprint density at radius 3 is 2.62 bits per heavy atom. The highest BCUT2D eigenvalue weighted by Crippen LogP contribution is 2.40. The summed E-state index contributed by atoms with van der Waals surface area (Å²) in [5.41, 5.74) is -0.772. The predicted molar refractivity (Wildman–Crippen MR) is 75.7 cm³/mol. The molecule has 6 nitrogen and oxygen atoms in total. The molecule has 1 fully saturated rings. The molecular weight excluding hydrogens is 272 g/mol. The van der Waals surface area contributed by atoms with Crippen LogP contribution in [0.4, 0.5) is 0 Å². The van der Waals surface area contributed by atoms with E-state index in [1.54, 1.807) is 7.11 Å². The van der Waals surface area contributed by atoms with Gasteiger partial charge in [-0.15, -0.1) is 0 Å². The van der Waals surface area contributed by atoms with Crippen LogP contribution in [0.25, 0.3) is 0 Å². The molecule has 0 spiro atoms. The Balaban J connectivity index is 2.31. The molecule has 1 aliphatic rings. The fourth-order valence-electron chi connectivity index (χ4n) is 2.94. The molecule has 1 heterocycles. The zero-order valence-electron chi connectivity index (χ0n) is 13.1. The number of aromatic nitrogens is 2. The Labute approximate surface area is 125 Å². The molecule has 1 atom stereocenters. The lowest BCUT2D eigenvalue weighted by atomic mass is 9.74. The molecule has 118 valence electrons. The quantitative estimate of drug-likeness (QED) is 0.751. The summed E-state index contributed by atoms with van der Waals surface area (Å²) in [5.74, 6) is 0.640. The maximum atomic E-state index is 12.5. The molecule has 0 radical (unpaired) electrons. The molecule has 6 heteroatoms. The van der Waals surface area contributed by atoms with Gasteiger partial charge in [-0.2, -0.15) is 4.98 Å². The molecule has 1 aliphatic carbocycles. The van der Waals surface area contributed by atoms with Crippen molar-refractivity contribution in [3.63, 3.8) is 0 Å². The number of nitrogens with zero attached hydrogens (tertiary/aromatic N) is 2. The molecule has 1 unspecified atom stereocenters. The first-order chi connectivity index (χ1) is 10.2. The molecule has 0 amide bonds. The van der Waals surface area contributed by atoms with Crippen molar-refractivity contribution in [2.24, 2.45) is 0 Å². The van der Waals surface area contributed by atoms with Crippen LogP contribution in [0.15, 0.2) is 4.52 Å². The third-order valence-electron chi connectivity index (χ3n) is 4.17. The van der Waals surface area contributed by atoms with Gasteiger partial charge in [0.2, 0.25) is 11.7 Å². The Kier molecular flexibility index (Phi) is 5.33. The van der Waals surface area contributed by atoms with Gasteiger partial charge >= 0.3 is 5.97 Å². The maximum Gasteiger partial charge on any atom is 0.321 e. The number of carbonyl (C=O) groups excluding carboxylic acids is 1. The van der Waals surface area contributed by atoms with Gasteiger partial charge in [-0.3, -0.25) is 4.79 Å². The number of rotatable bonds is 6. The van der Waals surface area contributed by atoms with E-state index >= 15 is 0 Å². The lowest BCUT2D eigenvalue weighted by molar-refractivity contribution is -0.152. The van der Waals surface area contributed by atoms with E-state index in [2.05, 4.69) is 10.1 Å². The third-order valence-corrected chi connectivity index (χ3v) is 4.17. The molecule has 0 N–H and O–H groups in total. The largest absolute Gasteiger partial charge is 0.465 e. The molecule has 1 aromatic rings. The van der Waals surface area contributed by atoms with Gasteiger partial charge in [-0.1, -0.05) is 31.3 Å². The van der Waals surface area contributed by atoms with Crippen molar-refractivity contribution in [3.05, 3.63) is 11.7 Å². The van der Waals surface area contributed by atoms with Gasteiger partial charge < -0.3 is 14.0 Å². The summed E-state index contributed by atoms with van der Waals surface area (Å²) in [6.07, 6.45) is 5.02. The second-order valence-corrected chi connectivity index (χ2v) is 5.45. The monoisotopic (exact) mass is 296 g/mol. The van der Waals surface area contributed by atoms with Gasteiger partial charge in [-0.05, 0) is 26.2 Å². The number of methoxy groups -OCH3 is 1. The summed E-state index contributed by atoms with van der Waals surface area (Å²) in [4.78, 5) is 16.9. The van der Waals surface area contributed by atoms with Crippen molar-refractivity contribution in [1.29, 1.82) is 0 Å². The van der Waals surface area contributed by atoms with Gasteiger partial charge in [-0.25, -0.2) is 0 Å². The summed E-state index contributed by atoms with van der Waals surface area (Å²) in [6.45, 7) is 4.16. The predicted octanol–water partition coefficient (Wildman–Crippen LogP) is 2.93. The number of hydrogen-bond donors (Lipinski definition) is 0. The zero-order chi connectivity index (χ0) is 15.3. The average Bonchev–Trinajstić information content (AvgIpc) is 3.00. The van der Waals surface area contributed by atoms with E-state index in [0.717, 1.165) is 25.7 Å². The molecule has 1 aromatic heterocycles. The highest BCUT2D eigenvalue weighted by Gasteiger charge is 2.47. The summed E-state index contributed by atoms with van der Waals surface area (Å²) in [6, 6.07) is 0. The summed E-state index contributed by atoms with van der Waals surface area (Å²) >= 11 is 0. The van der Waals surface area contributed by atoms with E-state index < -0.39 is 5.41 Å². The molecule has 0 aromatic carbocycles. The SMILES string of the molecule is CCOC(=O)C1(c2nc(C(CC)OC)no2)CCCCC1. The number of ether oxygens (including phenoxy) is 2. The highest BCUT2D eigenvalue weighted by atomic mass is 16.5. The topological polar surface area (TPSA) is 74.5 Å². The smallest absolute Gasteiger partial charge is 0.321 e.